The van der Waals surface area contributed by atoms with Crippen LogP contribution in [0.5, 0.6) is 46.0 Å². The fraction of sp³-hybridized carbons (Fsp3) is 0.708. The van der Waals surface area contributed by atoms with Gasteiger partial charge < -0.3 is 79.8 Å². The third-order valence-electron chi connectivity index (χ3n) is 24.3. The Morgan fingerprint density at radius 2 is 0.592 bits per heavy atom. The molecule has 8 heterocycles. The van der Waals surface area contributed by atoms with E-state index in [1.54, 1.807) is 0 Å². The molecule has 0 bridgehead atoms. The van der Waals surface area contributed by atoms with Gasteiger partial charge in [0.05, 0.1) is 81.4 Å². The molecule has 0 amide bonds. The zero-order chi connectivity index (χ0) is 104. The summed E-state index contributed by atoms with van der Waals surface area (Å²) in [4.78, 5) is 59.5. The van der Waals surface area contributed by atoms with Gasteiger partial charge in [-0.3, -0.25) is 38.8 Å². The van der Waals surface area contributed by atoms with Crippen LogP contribution in [0, 0.1) is 71.0 Å². The van der Waals surface area contributed by atoms with Crippen molar-refractivity contribution in [3.8, 4) is 46.0 Å². The van der Waals surface area contributed by atoms with E-state index in [1.165, 1.54) is 42.7 Å². The molecule has 120 heavy (non-hydrogen) atoms. The molecule has 0 aliphatic carbocycles. The lowest BCUT2D eigenvalue weighted by Crippen LogP contribution is -2.51. The van der Waals surface area contributed by atoms with Gasteiger partial charge in [-0.1, -0.05) is 111 Å². The van der Waals surface area contributed by atoms with Crippen LogP contribution in [-0.2, 0) is 63.8 Å². The van der Waals surface area contributed by atoms with E-state index in [2.05, 4.69) is 70.1 Å². The zero-order valence-corrected chi connectivity index (χ0v) is 75.3. The number of nitrogens with zero attached hydrogens (tertiary/aromatic N) is 4. The van der Waals surface area contributed by atoms with Crippen molar-refractivity contribution in [1.29, 1.82) is 0 Å². The minimum atomic E-state index is -2.83. The second-order valence-electron chi connectivity index (χ2n) is 36.4. The van der Waals surface area contributed by atoms with Gasteiger partial charge in [0.1, 0.15) is 48.6 Å². The number of ether oxygens (including phenoxy) is 12. The highest BCUT2D eigenvalue weighted by molar-refractivity contribution is 5.77. The number of benzene rings is 4. The van der Waals surface area contributed by atoms with Gasteiger partial charge in [-0.2, -0.15) is 0 Å². The first-order valence-corrected chi connectivity index (χ1v) is 43.2. The molecule has 8 aliphatic heterocycles. The van der Waals surface area contributed by atoms with E-state index in [0.29, 0.717) is 141 Å². The van der Waals surface area contributed by atoms with E-state index in [9.17, 15) is 24.7 Å². The Morgan fingerprint density at radius 1 is 0.350 bits per heavy atom. The lowest BCUT2D eigenvalue weighted by atomic mass is 9.79. The van der Waals surface area contributed by atoms with Gasteiger partial charge in [-0.05, 0) is 192 Å². The summed E-state index contributed by atoms with van der Waals surface area (Å²) in [6, 6.07) is -7.79. The van der Waals surface area contributed by atoms with Crippen molar-refractivity contribution in [2.45, 2.75) is 260 Å². The van der Waals surface area contributed by atoms with Gasteiger partial charge in [0.25, 0.3) is 0 Å². The van der Waals surface area contributed by atoms with Crippen LogP contribution in [0.2, 0.25) is 0 Å². The molecular formula is C96H152N8O16. The number of hydrogen-bond donors (Lipinski definition) is 4. The summed E-state index contributed by atoms with van der Waals surface area (Å²) in [5.41, 5.74) is 28.0. The predicted octanol–water partition coefficient (Wildman–Crippen LogP) is 14.3. The van der Waals surface area contributed by atoms with Crippen LogP contribution in [0.25, 0.3) is 0 Å². The topological polar surface area (TPSA) is 296 Å². The largest absolute Gasteiger partial charge is 0.493 e. The quantitative estimate of drug-likeness (QED) is 0.0303. The fourth-order valence-corrected chi connectivity index (χ4v) is 17.6. The van der Waals surface area contributed by atoms with Crippen molar-refractivity contribution in [2.24, 2.45) is 93.9 Å². The molecule has 8 aliphatic rings. The molecule has 12 unspecified atom stereocenters. The molecule has 16 atom stereocenters. The van der Waals surface area contributed by atoms with E-state index in [1.807, 2.05) is 60.3 Å². The Balaban J connectivity index is 0.000000206. The Hall–Kier alpha value is -7.16. The Labute approximate surface area is 744 Å². The van der Waals surface area contributed by atoms with E-state index < -0.39 is 111 Å². The fourth-order valence-electron chi connectivity index (χ4n) is 17.6. The highest BCUT2D eigenvalue weighted by atomic mass is 16.6. The Bertz CT molecular complexity index is 4820. The second kappa shape index (κ2) is 43.9. The molecule has 0 aromatic heterocycles. The first kappa shape index (κ1) is 73.2. The SMILES string of the molecule is [2H]c1c2c(c([2H])c(OC)c1OC([2H])([2H])[2H])C1([2H])CC(OC(=O)[C@@H](N)C(C)C)C(CC(C)C)CN1CC2.[2H]c1c2c(c([2H])c(OC)c1OC([2H])([2H])[2H])C1CC([2H])(OC(=O)[C@@H](N)C(C)C)C(CC(C)C)CN1CC2.[2H]c1c2c(c([2H])c(OC)c1OC)C1([2H])CC(OC(=O)[C@@H](N)C(C)C)C(CC(C)C)CN1CC2.[2H]c1c2c(c([2H])c(OC)c1OC)C1([2H])CC(OC(=O)[C@@H](N)C(C)C)C(CC(C)C)CN1CC2. The first-order valence-electron chi connectivity index (χ1n) is 52.2. The molecule has 8 N–H and O–H groups in total. The van der Waals surface area contributed by atoms with Crippen LogP contribution in [0.15, 0.2) is 48.3 Å². The predicted molar refractivity (Wildman–Crippen MR) is 471 cm³/mol. The summed E-state index contributed by atoms with van der Waals surface area (Å²) >= 11 is 0. The first-order chi connectivity index (χ1) is 64.1. The van der Waals surface area contributed by atoms with Crippen LogP contribution in [0.1, 0.15) is 255 Å². The van der Waals surface area contributed by atoms with Gasteiger partial charge in [0, 0.05) is 126 Å². The van der Waals surface area contributed by atoms with Crippen molar-refractivity contribution < 1.29 is 101 Å². The molecule has 0 radical (unpaired) electrons. The molecule has 4 aromatic rings. The minimum Gasteiger partial charge on any atom is -0.493 e. The standard InChI is InChI=1S/4C24H38N2O4/c4*1-14(2)9-17-13-26-8-7-16-10-21(28-5)22(29-6)11-18(16)19(26)12-20(17)30-24(27)23(25)15(3)4/h4*10-11,14-15,17,19-20,23H,7-9,12-13,25H2,1-6H3/t4*17?,19?,20?,23-/m0000/s1/i5D3,10D,11D,20D;5D3,10D,11D,19D;2*10D,11D,19D. The van der Waals surface area contributed by atoms with Crippen molar-refractivity contribution >= 4 is 23.9 Å². The Kier molecular flexibility index (Phi) is 26.8. The van der Waals surface area contributed by atoms with Crippen molar-refractivity contribution in [1.82, 2.24) is 19.6 Å². The van der Waals surface area contributed by atoms with E-state index in [-0.39, 0.29) is 179 Å². The highest BCUT2D eigenvalue weighted by Gasteiger charge is 2.47. The maximum absolute atomic E-state index is 12.9. The monoisotopic (exact) mass is 1690 g/mol. The number of piperidine rings is 4. The normalized spacial score (nSPS) is 29.7. The molecular weight excluding hydrogens is 1520 g/mol. The van der Waals surface area contributed by atoms with Gasteiger partial charge in [0.2, 0.25) is 0 Å². The molecule has 672 valence electrons. The number of carbonyl (C=O) groups excluding carboxylic acids is 4. The molecule has 0 saturated carbocycles. The van der Waals surface area contributed by atoms with Crippen molar-refractivity contribution in [3.05, 3.63) is 92.8 Å². The highest BCUT2D eigenvalue weighted by Crippen LogP contribution is 2.50. The number of esters is 4. The maximum Gasteiger partial charge on any atom is 0.323 e. The molecule has 24 nitrogen and oxygen atoms in total. The number of methoxy groups -OCH3 is 8. The third-order valence-corrected chi connectivity index (χ3v) is 24.3. The van der Waals surface area contributed by atoms with Crippen LogP contribution in [0.4, 0.5) is 0 Å². The zero-order valence-electron chi connectivity index (χ0n) is 93.3. The summed E-state index contributed by atoms with van der Waals surface area (Å²) in [5, 5.41) is 0. The molecule has 4 saturated heterocycles. The number of hydrogen-bond acceptors (Lipinski definition) is 24. The van der Waals surface area contributed by atoms with Crippen LogP contribution in [0.3, 0.4) is 0 Å². The molecule has 4 aromatic carbocycles. The van der Waals surface area contributed by atoms with E-state index in [4.69, 9.17) is 99.0 Å². The minimum absolute atomic E-state index is 0.0157. The summed E-state index contributed by atoms with van der Waals surface area (Å²) < 4.78 is 219. The van der Waals surface area contributed by atoms with Crippen LogP contribution < -0.4 is 60.8 Å². The van der Waals surface area contributed by atoms with E-state index in [0.717, 1.165) is 19.3 Å². The molecule has 24 heteroatoms. The van der Waals surface area contributed by atoms with Crippen LogP contribution in [-0.4, -0.2) is 201 Å². The average molecular weight is 1690 g/mol. The summed E-state index contributed by atoms with van der Waals surface area (Å²) in [6.07, 6.45) is 2.56. The van der Waals surface area contributed by atoms with Crippen molar-refractivity contribution in [3.63, 3.8) is 0 Å². The van der Waals surface area contributed by atoms with Crippen molar-refractivity contribution in [2.75, 3.05) is 109 Å². The van der Waals surface area contributed by atoms with E-state index >= 15 is 0 Å². The Morgan fingerprint density at radius 3 is 0.867 bits per heavy atom. The third kappa shape index (κ3) is 23.8. The maximum atomic E-state index is 12.9. The molecule has 0 spiro atoms. The average Bonchev–Trinajstić information content (AvgIpc) is 0.723. The lowest BCUT2D eigenvalue weighted by Gasteiger charge is -2.47. The summed E-state index contributed by atoms with van der Waals surface area (Å²) in [5.74, 6) is -1.26. The number of fused-ring (bicyclic) bond motifs is 12. The molecule has 4 fully saturated rings. The summed E-state index contributed by atoms with van der Waals surface area (Å²) in [7, 11) is 2.74. The van der Waals surface area contributed by atoms with Gasteiger partial charge >= 0.3 is 23.9 Å². The number of carbonyl (C=O) groups is 4. The van der Waals surface area contributed by atoms with Gasteiger partial charge in [-0.15, -0.1) is 0 Å². The van der Waals surface area contributed by atoms with Gasteiger partial charge in [-0.25, -0.2) is 0 Å². The lowest BCUT2D eigenvalue weighted by molar-refractivity contribution is -0.161. The number of nitrogens with two attached hydrogens (primary N) is 4. The van der Waals surface area contributed by atoms with Crippen LogP contribution >= 0.6 is 0 Å². The number of rotatable bonds is 28. The van der Waals surface area contributed by atoms with Gasteiger partial charge in [0.15, 0.2) is 46.0 Å². The second-order valence-corrected chi connectivity index (χ2v) is 36.4. The smallest absolute Gasteiger partial charge is 0.323 e. The summed E-state index contributed by atoms with van der Waals surface area (Å²) in [6.45, 7) is 36.0. The molecule has 12 rings (SSSR count).